The Morgan fingerprint density at radius 2 is 1.90 bits per heavy atom. The number of anilines is 1. The Morgan fingerprint density at radius 3 is 2.59 bits per heavy atom. The minimum atomic E-state index is -4.57. The van der Waals surface area contributed by atoms with Crippen LogP contribution in [0, 0.1) is 0 Å². The van der Waals surface area contributed by atoms with Crippen molar-refractivity contribution < 1.29 is 27.6 Å². The smallest absolute Gasteiger partial charge is 0.384 e. The fourth-order valence-electron chi connectivity index (χ4n) is 3.60. The zero-order valence-electron chi connectivity index (χ0n) is 14.9. The number of alkyl halides is 3. The monoisotopic (exact) mass is 404 g/mol. The van der Waals surface area contributed by atoms with Crippen LogP contribution in [0.2, 0.25) is 0 Å². The van der Waals surface area contributed by atoms with Gasteiger partial charge in [0.25, 0.3) is 5.91 Å². The average molecular weight is 404 g/mol. The second kappa shape index (κ2) is 6.57. The Balaban J connectivity index is 1.66. The molecule has 1 atom stereocenters. The minimum absolute atomic E-state index is 0.0343. The first-order valence-corrected chi connectivity index (χ1v) is 8.76. The standard InChI is InChI=1S/C19H15F3N4O3/c20-19(21,22)11-6-13(24-15(23)7-11)9-1-2-12-10(5-9)8-26(18(12)29)14-3-4-16(27)25-17(14)28/h1-2,5-7,14H,3-4,8H2,(H2,23,24)(H,25,27,28). The predicted molar refractivity (Wildman–Crippen MR) is 95.1 cm³/mol. The van der Waals surface area contributed by atoms with E-state index in [1.165, 1.54) is 17.0 Å². The number of aromatic nitrogens is 1. The summed E-state index contributed by atoms with van der Waals surface area (Å²) in [5.41, 5.74) is 5.95. The number of nitrogens with two attached hydrogens (primary N) is 1. The van der Waals surface area contributed by atoms with Gasteiger partial charge in [-0.1, -0.05) is 6.07 Å². The zero-order chi connectivity index (χ0) is 20.9. The number of pyridine rings is 1. The van der Waals surface area contributed by atoms with Gasteiger partial charge in [-0.05, 0) is 36.2 Å². The Bertz CT molecular complexity index is 1050. The number of carbonyl (C=O) groups excluding carboxylic acids is 3. The van der Waals surface area contributed by atoms with Gasteiger partial charge in [-0.2, -0.15) is 13.2 Å². The van der Waals surface area contributed by atoms with Crippen LogP contribution in [0.15, 0.2) is 30.3 Å². The predicted octanol–water partition coefficient (Wildman–Crippen LogP) is 2.11. The third-order valence-electron chi connectivity index (χ3n) is 4.99. The van der Waals surface area contributed by atoms with Gasteiger partial charge >= 0.3 is 6.18 Å². The van der Waals surface area contributed by atoms with Crippen molar-refractivity contribution in [1.29, 1.82) is 0 Å². The highest BCUT2D eigenvalue weighted by molar-refractivity contribution is 6.05. The number of nitrogens with one attached hydrogen (secondary N) is 1. The molecule has 1 aromatic heterocycles. The molecule has 1 aromatic carbocycles. The molecule has 2 aliphatic rings. The normalized spacial score (nSPS) is 19.3. The summed E-state index contributed by atoms with van der Waals surface area (Å²) >= 11 is 0. The average Bonchev–Trinajstić information content (AvgIpc) is 2.96. The SMILES string of the molecule is Nc1cc(C(F)(F)F)cc(-c2ccc3c(c2)CN(C2CCC(=O)NC2=O)C3=O)n1. The molecular formula is C19H15F3N4O3. The van der Waals surface area contributed by atoms with Crippen LogP contribution in [0.4, 0.5) is 19.0 Å². The fraction of sp³-hybridized carbons (Fsp3) is 0.263. The topological polar surface area (TPSA) is 105 Å². The Morgan fingerprint density at radius 1 is 1.14 bits per heavy atom. The zero-order valence-corrected chi connectivity index (χ0v) is 14.9. The number of fused-ring (bicyclic) bond motifs is 1. The van der Waals surface area contributed by atoms with E-state index >= 15 is 0 Å². The van der Waals surface area contributed by atoms with E-state index in [-0.39, 0.29) is 42.7 Å². The summed E-state index contributed by atoms with van der Waals surface area (Å²) in [5.74, 6) is -1.55. The largest absolute Gasteiger partial charge is 0.416 e. The number of amides is 3. The van der Waals surface area contributed by atoms with Gasteiger partial charge in [0.15, 0.2) is 0 Å². The summed E-state index contributed by atoms with van der Waals surface area (Å²) in [6.07, 6.45) is -4.21. The van der Waals surface area contributed by atoms with Crippen LogP contribution in [0.5, 0.6) is 0 Å². The van der Waals surface area contributed by atoms with Crippen molar-refractivity contribution >= 4 is 23.5 Å². The number of rotatable bonds is 2. The van der Waals surface area contributed by atoms with Crippen LogP contribution in [-0.4, -0.2) is 33.6 Å². The Kier molecular flexibility index (Phi) is 4.29. The third-order valence-corrected chi connectivity index (χ3v) is 4.99. The van der Waals surface area contributed by atoms with Crippen LogP contribution in [0.1, 0.15) is 34.3 Å². The van der Waals surface area contributed by atoms with E-state index in [0.29, 0.717) is 16.7 Å². The second-order valence-electron chi connectivity index (χ2n) is 6.94. The van der Waals surface area contributed by atoms with Crippen molar-refractivity contribution in [2.75, 3.05) is 5.73 Å². The molecule has 0 radical (unpaired) electrons. The van der Waals surface area contributed by atoms with Crippen LogP contribution < -0.4 is 11.1 Å². The summed E-state index contributed by atoms with van der Waals surface area (Å²) in [4.78, 5) is 41.4. The van der Waals surface area contributed by atoms with Crippen LogP contribution in [0.25, 0.3) is 11.3 Å². The van der Waals surface area contributed by atoms with Crippen molar-refractivity contribution in [3.63, 3.8) is 0 Å². The number of nitrogen functional groups attached to an aromatic ring is 1. The lowest BCUT2D eigenvalue weighted by atomic mass is 10.0. The summed E-state index contributed by atoms with van der Waals surface area (Å²) in [6.45, 7) is 0.114. The molecule has 1 saturated heterocycles. The van der Waals surface area contributed by atoms with E-state index < -0.39 is 23.7 Å². The van der Waals surface area contributed by atoms with Gasteiger partial charge in [0.05, 0.1) is 11.3 Å². The molecule has 150 valence electrons. The number of halogens is 3. The maximum atomic E-state index is 13.1. The van der Waals surface area contributed by atoms with Crippen molar-refractivity contribution in [1.82, 2.24) is 15.2 Å². The van der Waals surface area contributed by atoms with Gasteiger partial charge in [0.1, 0.15) is 11.9 Å². The number of benzene rings is 1. The van der Waals surface area contributed by atoms with E-state index in [4.69, 9.17) is 5.73 Å². The van der Waals surface area contributed by atoms with Gasteiger partial charge in [-0.15, -0.1) is 0 Å². The lowest BCUT2D eigenvalue weighted by Gasteiger charge is -2.29. The first-order valence-electron chi connectivity index (χ1n) is 8.76. The van der Waals surface area contributed by atoms with E-state index in [0.717, 1.165) is 12.1 Å². The molecule has 2 aliphatic heterocycles. The fourth-order valence-corrected chi connectivity index (χ4v) is 3.60. The van der Waals surface area contributed by atoms with E-state index in [9.17, 15) is 27.6 Å². The van der Waals surface area contributed by atoms with E-state index in [2.05, 4.69) is 10.3 Å². The molecule has 0 saturated carbocycles. The number of carbonyl (C=O) groups is 3. The maximum absolute atomic E-state index is 13.1. The van der Waals surface area contributed by atoms with Gasteiger partial charge in [0.2, 0.25) is 11.8 Å². The minimum Gasteiger partial charge on any atom is -0.384 e. The van der Waals surface area contributed by atoms with Crippen LogP contribution in [-0.2, 0) is 22.3 Å². The van der Waals surface area contributed by atoms with Crippen LogP contribution >= 0.6 is 0 Å². The lowest BCUT2D eigenvalue weighted by molar-refractivity contribution is -0.138. The van der Waals surface area contributed by atoms with Crippen molar-refractivity contribution in [3.05, 3.63) is 47.0 Å². The molecule has 3 N–H and O–H groups in total. The van der Waals surface area contributed by atoms with Crippen molar-refractivity contribution in [2.45, 2.75) is 31.6 Å². The molecule has 3 heterocycles. The van der Waals surface area contributed by atoms with E-state index in [1.807, 2.05) is 0 Å². The molecule has 29 heavy (non-hydrogen) atoms. The number of hydrogen-bond acceptors (Lipinski definition) is 5. The molecule has 3 amide bonds. The second-order valence-corrected chi connectivity index (χ2v) is 6.94. The van der Waals surface area contributed by atoms with Crippen molar-refractivity contribution in [2.24, 2.45) is 0 Å². The molecular weight excluding hydrogens is 389 g/mol. The highest BCUT2D eigenvalue weighted by Gasteiger charge is 2.39. The molecule has 0 aliphatic carbocycles. The molecule has 4 rings (SSSR count). The summed E-state index contributed by atoms with van der Waals surface area (Å²) < 4.78 is 39.2. The molecule has 7 nitrogen and oxygen atoms in total. The molecule has 1 fully saturated rings. The number of nitrogens with zero attached hydrogens (tertiary/aromatic N) is 2. The molecule has 2 aromatic rings. The van der Waals surface area contributed by atoms with Gasteiger partial charge in [-0.3, -0.25) is 19.7 Å². The number of hydrogen-bond donors (Lipinski definition) is 2. The Hall–Kier alpha value is -3.43. The van der Waals surface area contributed by atoms with Crippen LogP contribution in [0.3, 0.4) is 0 Å². The van der Waals surface area contributed by atoms with Crippen molar-refractivity contribution in [3.8, 4) is 11.3 Å². The van der Waals surface area contributed by atoms with Gasteiger partial charge in [-0.25, -0.2) is 4.98 Å². The number of imide groups is 1. The number of piperidine rings is 1. The third kappa shape index (κ3) is 3.41. The highest BCUT2D eigenvalue weighted by atomic mass is 19.4. The van der Waals surface area contributed by atoms with Gasteiger partial charge in [0, 0.05) is 24.1 Å². The lowest BCUT2D eigenvalue weighted by Crippen LogP contribution is -2.52. The summed E-state index contributed by atoms with van der Waals surface area (Å²) in [6, 6.07) is 5.45. The molecule has 10 heteroatoms. The quantitative estimate of drug-likeness (QED) is 0.746. The first-order chi connectivity index (χ1) is 13.6. The maximum Gasteiger partial charge on any atom is 0.416 e. The summed E-state index contributed by atoms with van der Waals surface area (Å²) in [5, 5.41) is 2.22. The highest BCUT2D eigenvalue weighted by Crippen LogP contribution is 2.35. The Labute approximate surface area is 162 Å². The molecule has 1 unspecified atom stereocenters. The molecule has 0 spiro atoms. The summed E-state index contributed by atoms with van der Waals surface area (Å²) in [7, 11) is 0. The van der Waals surface area contributed by atoms with Gasteiger partial charge < -0.3 is 10.6 Å². The molecule has 0 bridgehead atoms. The first kappa shape index (κ1) is 18.9. The van der Waals surface area contributed by atoms with E-state index in [1.54, 1.807) is 6.07 Å².